The van der Waals surface area contributed by atoms with E-state index in [0.29, 0.717) is 28.9 Å². The highest BCUT2D eigenvalue weighted by atomic mass is 35.5. The quantitative estimate of drug-likeness (QED) is 0.458. The van der Waals surface area contributed by atoms with Gasteiger partial charge in [0.25, 0.3) is 5.91 Å². The molecule has 0 aromatic heterocycles. The number of morpholine rings is 1. The van der Waals surface area contributed by atoms with Crippen LogP contribution in [0.15, 0.2) is 54.3 Å². The van der Waals surface area contributed by atoms with E-state index >= 15 is 0 Å². The number of amides is 2. The van der Waals surface area contributed by atoms with Crippen molar-refractivity contribution in [3.8, 4) is 0 Å². The molecule has 4 rings (SSSR count). The first kappa shape index (κ1) is 26.6. The molecule has 0 spiro atoms. The van der Waals surface area contributed by atoms with E-state index in [-0.39, 0.29) is 41.7 Å². The maximum atomic E-state index is 13.6. The number of nitrogens with zero attached hydrogens (tertiary/aromatic N) is 1. The molecule has 2 amide bonds. The Morgan fingerprint density at radius 1 is 1.06 bits per heavy atom. The van der Waals surface area contributed by atoms with Gasteiger partial charge in [-0.2, -0.15) is 0 Å². The molecule has 1 heterocycles. The van der Waals surface area contributed by atoms with Crippen LogP contribution in [0.2, 0.25) is 10.0 Å². The Labute approximate surface area is 223 Å². The number of hydrogen-bond donors (Lipinski definition) is 1. The molecular weight excluding hydrogens is 495 g/mol. The number of fused-ring (bicyclic) bond motifs is 1. The minimum atomic E-state index is -0.242. The second-order valence-electron chi connectivity index (χ2n) is 10.8. The van der Waals surface area contributed by atoms with Gasteiger partial charge in [0.1, 0.15) is 12.6 Å². The summed E-state index contributed by atoms with van der Waals surface area (Å²) in [6.07, 6.45) is 5.03. The Kier molecular flexibility index (Phi) is 8.31. The number of ether oxygens (including phenoxy) is 1. The van der Waals surface area contributed by atoms with Crippen molar-refractivity contribution >= 4 is 41.1 Å². The average Bonchev–Trinajstić information content (AvgIpc) is 2.83. The number of carbonyl (C=O) groups excluding carboxylic acids is 2. The number of nitrogens with one attached hydrogen (secondary N) is 1. The summed E-state index contributed by atoms with van der Waals surface area (Å²) in [7, 11) is 0. The fraction of sp³-hybridized carbons (Fsp3) is 0.448. The van der Waals surface area contributed by atoms with Gasteiger partial charge in [-0.1, -0.05) is 68.2 Å². The lowest BCUT2D eigenvalue weighted by molar-refractivity contribution is -0.154. The first-order valence-corrected chi connectivity index (χ1v) is 13.3. The lowest BCUT2D eigenvalue weighted by Gasteiger charge is -2.48. The highest BCUT2D eigenvalue weighted by molar-refractivity contribution is 6.30. The second kappa shape index (κ2) is 11.3. The topological polar surface area (TPSA) is 58.6 Å². The molecule has 5 nitrogen and oxygen atoms in total. The fourth-order valence-electron chi connectivity index (χ4n) is 5.08. The van der Waals surface area contributed by atoms with E-state index in [4.69, 9.17) is 27.9 Å². The van der Waals surface area contributed by atoms with Crippen LogP contribution in [-0.4, -0.2) is 41.9 Å². The number of halogens is 2. The van der Waals surface area contributed by atoms with E-state index in [2.05, 4.69) is 26.1 Å². The minimum absolute atomic E-state index is 0.0127. The molecule has 192 valence electrons. The molecule has 2 aromatic carbocycles. The molecule has 1 aliphatic heterocycles. The van der Waals surface area contributed by atoms with Crippen LogP contribution in [0, 0.1) is 11.3 Å². The first-order valence-electron chi connectivity index (χ1n) is 12.6. The lowest BCUT2D eigenvalue weighted by Crippen LogP contribution is -2.58. The van der Waals surface area contributed by atoms with Crippen molar-refractivity contribution in [2.45, 2.75) is 58.6 Å². The van der Waals surface area contributed by atoms with Gasteiger partial charge in [-0.15, -0.1) is 0 Å². The molecule has 0 radical (unpaired) electrons. The van der Waals surface area contributed by atoms with Crippen molar-refractivity contribution in [3.05, 3.63) is 75.5 Å². The molecule has 3 unspecified atom stereocenters. The largest absolute Gasteiger partial charge is 0.482 e. The summed E-state index contributed by atoms with van der Waals surface area (Å²) in [5.41, 5.74) is 2.05. The molecular formula is C29H34Cl2N2O3. The third kappa shape index (κ3) is 6.63. The number of rotatable bonds is 6. The van der Waals surface area contributed by atoms with Crippen molar-refractivity contribution in [1.29, 1.82) is 0 Å². The van der Waals surface area contributed by atoms with Gasteiger partial charge in [0.2, 0.25) is 5.91 Å². The molecule has 2 fully saturated rings. The normalized spacial score (nSPS) is 23.2. The number of carbonyl (C=O) groups is 2. The molecule has 1 N–H and O–H groups in total. The standard InChI is InChI=1S/C29H34Cl2N2O3/c1-29(2,3)21-8-13-25-24(17-21)33(18-27(34)32-15-14-19-4-9-22(30)10-5-19)28(35)26(36-25)16-20-6-11-23(31)12-7-20/h4-7,9-12,16,21,24-25H,8,13-15,17-18H2,1-3H3,(H,32,34)/b26-16+. The van der Waals surface area contributed by atoms with Crippen LogP contribution in [-0.2, 0) is 20.7 Å². The third-order valence-electron chi connectivity index (χ3n) is 7.26. The Balaban J connectivity index is 1.49. The van der Waals surface area contributed by atoms with Crippen molar-refractivity contribution in [3.63, 3.8) is 0 Å². The van der Waals surface area contributed by atoms with E-state index in [1.165, 1.54) is 0 Å². The van der Waals surface area contributed by atoms with E-state index < -0.39 is 0 Å². The van der Waals surface area contributed by atoms with Crippen LogP contribution in [0.3, 0.4) is 0 Å². The van der Waals surface area contributed by atoms with Crippen LogP contribution in [0.25, 0.3) is 6.08 Å². The molecule has 1 aliphatic carbocycles. The SMILES string of the molecule is CC(C)(C)C1CCC2O/C(=C/c3ccc(Cl)cc3)C(=O)N(CC(=O)NCCc3ccc(Cl)cc3)C2C1. The van der Waals surface area contributed by atoms with Crippen LogP contribution in [0.1, 0.15) is 51.2 Å². The molecule has 1 saturated carbocycles. The fourth-order valence-corrected chi connectivity index (χ4v) is 5.33. The molecule has 7 heteroatoms. The highest BCUT2D eigenvalue weighted by Crippen LogP contribution is 2.42. The monoisotopic (exact) mass is 528 g/mol. The van der Waals surface area contributed by atoms with Gasteiger partial charge in [0, 0.05) is 16.6 Å². The zero-order valence-corrected chi connectivity index (χ0v) is 22.6. The summed E-state index contributed by atoms with van der Waals surface area (Å²) in [6.45, 7) is 7.22. The van der Waals surface area contributed by atoms with E-state index in [1.807, 2.05) is 36.4 Å². The van der Waals surface area contributed by atoms with Crippen LogP contribution >= 0.6 is 23.2 Å². The minimum Gasteiger partial charge on any atom is -0.482 e. The molecule has 0 bridgehead atoms. The first-order chi connectivity index (χ1) is 17.1. The predicted molar refractivity (Wildman–Crippen MR) is 145 cm³/mol. The summed E-state index contributed by atoms with van der Waals surface area (Å²) >= 11 is 12.0. The average molecular weight is 530 g/mol. The van der Waals surface area contributed by atoms with Gasteiger partial charge in [-0.05, 0) is 78.5 Å². The lowest BCUT2D eigenvalue weighted by atomic mass is 9.69. The Morgan fingerprint density at radius 3 is 2.33 bits per heavy atom. The van der Waals surface area contributed by atoms with Gasteiger partial charge < -0.3 is 15.0 Å². The summed E-state index contributed by atoms with van der Waals surface area (Å²) in [5.74, 6) is 0.324. The van der Waals surface area contributed by atoms with Crippen LogP contribution in [0.5, 0.6) is 0 Å². The number of benzene rings is 2. The zero-order valence-electron chi connectivity index (χ0n) is 21.1. The van der Waals surface area contributed by atoms with Gasteiger partial charge in [-0.25, -0.2) is 0 Å². The second-order valence-corrected chi connectivity index (χ2v) is 11.7. The van der Waals surface area contributed by atoms with Gasteiger partial charge in [-0.3, -0.25) is 9.59 Å². The van der Waals surface area contributed by atoms with Crippen molar-refractivity contribution in [2.24, 2.45) is 11.3 Å². The Morgan fingerprint density at radius 2 is 1.69 bits per heavy atom. The summed E-state index contributed by atoms with van der Waals surface area (Å²) < 4.78 is 6.25. The van der Waals surface area contributed by atoms with E-state index in [9.17, 15) is 9.59 Å². The van der Waals surface area contributed by atoms with Gasteiger partial charge >= 0.3 is 0 Å². The van der Waals surface area contributed by atoms with Crippen molar-refractivity contribution in [1.82, 2.24) is 10.2 Å². The molecule has 2 aliphatic rings. The van der Waals surface area contributed by atoms with Gasteiger partial charge in [0.15, 0.2) is 5.76 Å². The number of hydrogen-bond acceptors (Lipinski definition) is 3. The van der Waals surface area contributed by atoms with Gasteiger partial charge in [0.05, 0.1) is 6.04 Å². The zero-order chi connectivity index (χ0) is 25.9. The van der Waals surface area contributed by atoms with E-state index in [0.717, 1.165) is 30.4 Å². The van der Waals surface area contributed by atoms with Crippen LogP contribution in [0.4, 0.5) is 0 Å². The molecule has 36 heavy (non-hydrogen) atoms. The summed E-state index contributed by atoms with van der Waals surface area (Å²) in [5, 5.41) is 4.30. The molecule has 1 saturated heterocycles. The van der Waals surface area contributed by atoms with Crippen molar-refractivity contribution < 1.29 is 14.3 Å². The Hall–Kier alpha value is -2.50. The predicted octanol–water partition coefficient (Wildman–Crippen LogP) is 6.14. The van der Waals surface area contributed by atoms with Crippen LogP contribution < -0.4 is 5.32 Å². The summed E-state index contributed by atoms with van der Waals surface area (Å²) in [4.78, 5) is 28.3. The maximum Gasteiger partial charge on any atom is 0.289 e. The highest BCUT2D eigenvalue weighted by Gasteiger charge is 2.46. The van der Waals surface area contributed by atoms with Crippen molar-refractivity contribution in [2.75, 3.05) is 13.1 Å². The Bertz CT molecular complexity index is 1110. The molecule has 2 aromatic rings. The molecule has 3 atom stereocenters. The smallest absolute Gasteiger partial charge is 0.289 e. The third-order valence-corrected chi connectivity index (χ3v) is 7.76. The summed E-state index contributed by atoms with van der Waals surface area (Å²) in [6, 6.07) is 14.7. The maximum absolute atomic E-state index is 13.6. The van der Waals surface area contributed by atoms with E-state index in [1.54, 1.807) is 23.1 Å².